The molecule has 1 aromatic carbocycles. The molecule has 0 radical (unpaired) electrons. The van der Waals surface area contributed by atoms with Gasteiger partial charge in [-0.1, -0.05) is 36.4 Å². The van der Waals surface area contributed by atoms with Crippen molar-refractivity contribution in [2.75, 3.05) is 0 Å². The minimum atomic E-state index is -0.331. The van der Waals surface area contributed by atoms with E-state index < -0.39 is 0 Å². The third-order valence-corrected chi connectivity index (χ3v) is 4.50. The number of carbonyl (C=O) groups is 2. The summed E-state index contributed by atoms with van der Waals surface area (Å²) in [5.41, 5.74) is 2.60. The summed E-state index contributed by atoms with van der Waals surface area (Å²) in [7, 11) is 0. The lowest BCUT2D eigenvalue weighted by atomic mass is 10.1. The van der Waals surface area contributed by atoms with E-state index in [1.165, 1.54) is 6.20 Å². The fourth-order valence-corrected chi connectivity index (χ4v) is 2.90. The maximum absolute atomic E-state index is 13.1. The van der Waals surface area contributed by atoms with E-state index >= 15 is 0 Å². The van der Waals surface area contributed by atoms with Crippen LogP contribution in [0.3, 0.4) is 0 Å². The van der Waals surface area contributed by atoms with Gasteiger partial charge in [0.1, 0.15) is 5.69 Å². The Hall–Kier alpha value is -3.54. The fraction of sp³-hybridized carbons (Fsp3) is 0.217. The summed E-state index contributed by atoms with van der Waals surface area (Å²) in [5.74, 6) is -0.463. The van der Waals surface area contributed by atoms with Crippen LogP contribution in [0.2, 0.25) is 0 Å². The predicted octanol–water partition coefficient (Wildman–Crippen LogP) is 3.46. The summed E-state index contributed by atoms with van der Waals surface area (Å²) in [5, 5.41) is 2.81. The molecule has 0 aliphatic heterocycles. The molecule has 0 aliphatic carbocycles. The molecule has 0 spiro atoms. The third-order valence-electron chi connectivity index (χ3n) is 4.50. The van der Waals surface area contributed by atoms with Gasteiger partial charge in [-0.05, 0) is 43.2 Å². The van der Waals surface area contributed by atoms with Crippen LogP contribution in [0.5, 0.6) is 0 Å². The smallest absolute Gasteiger partial charge is 0.270 e. The maximum atomic E-state index is 13.1. The average molecular weight is 388 g/mol. The zero-order valence-electron chi connectivity index (χ0n) is 16.6. The van der Waals surface area contributed by atoms with Gasteiger partial charge >= 0.3 is 0 Å². The second-order valence-electron chi connectivity index (χ2n) is 6.99. The van der Waals surface area contributed by atoms with Crippen LogP contribution >= 0.6 is 0 Å². The molecule has 29 heavy (non-hydrogen) atoms. The van der Waals surface area contributed by atoms with E-state index in [0.29, 0.717) is 18.7 Å². The Morgan fingerprint density at radius 1 is 1.00 bits per heavy atom. The number of nitrogens with zero attached hydrogens (tertiary/aromatic N) is 3. The minimum absolute atomic E-state index is 0.0127. The van der Waals surface area contributed by atoms with Crippen molar-refractivity contribution in [3.05, 3.63) is 95.6 Å². The number of hydrogen-bond donors (Lipinski definition) is 1. The van der Waals surface area contributed by atoms with E-state index in [1.54, 1.807) is 29.4 Å². The lowest BCUT2D eigenvalue weighted by Gasteiger charge is -2.27. The number of nitrogens with one attached hydrogen (secondary N) is 1. The van der Waals surface area contributed by atoms with Crippen molar-refractivity contribution in [3.8, 4) is 0 Å². The summed E-state index contributed by atoms with van der Waals surface area (Å²) in [6.45, 7) is 4.80. The molecule has 1 N–H and O–H groups in total. The summed E-state index contributed by atoms with van der Waals surface area (Å²) in [6, 6.07) is 16.7. The van der Waals surface area contributed by atoms with Crippen LogP contribution in [0.1, 0.15) is 45.8 Å². The van der Waals surface area contributed by atoms with E-state index in [2.05, 4.69) is 15.3 Å². The number of hydrogen-bond acceptors (Lipinski definition) is 4. The average Bonchev–Trinajstić information content (AvgIpc) is 2.76. The summed E-state index contributed by atoms with van der Waals surface area (Å²) in [6.07, 6.45) is 4.86. The van der Waals surface area contributed by atoms with Crippen molar-refractivity contribution in [1.82, 2.24) is 20.2 Å². The molecule has 0 atom stereocenters. The van der Waals surface area contributed by atoms with Gasteiger partial charge < -0.3 is 10.2 Å². The van der Waals surface area contributed by atoms with Gasteiger partial charge in [-0.2, -0.15) is 0 Å². The van der Waals surface area contributed by atoms with Crippen molar-refractivity contribution in [3.63, 3.8) is 0 Å². The Morgan fingerprint density at radius 2 is 1.76 bits per heavy atom. The molecule has 2 aromatic heterocycles. The van der Waals surface area contributed by atoms with Crippen LogP contribution < -0.4 is 5.32 Å². The molecule has 6 nitrogen and oxygen atoms in total. The first-order chi connectivity index (χ1) is 14.0. The maximum Gasteiger partial charge on any atom is 0.270 e. The van der Waals surface area contributed by atoms with Crippen molar-refractivity contribution in [2.45, 2.75) is 33.0 Å². The molecule has 3 aromatic rings. The minimum Gasteiger partial charge on any atom is -0.347 e. The van der Waals surface area contributed by atoms with Gasteiger partial charge in [0.15, 0.2) is 0 Å². The molecule has 0 saturated carbocycles. The highest BCUT2D eigenvalue weighted by molar-refractivity contribution is 5.98. The monoisotopic (exact) mass is 388 g/mol. The molecule has 0 fully saturated rings. The highest BCUT2D eigenvalue weighted by Crippen LogP contribution is 2.14. The number of carbonyl (C=O) groups excluding carboxylic acids is 2. The molecule has 0 bridgehead atoms. The molecule has 0 aliphatic rings. The summed E-state index contributed by atoms with van der Waals surface area (Å²) >= 11 is 0. The highest BCUT2D eigenvalue weighted by atomic mass is 16.2. The molecule has 2 heterocycles. The highest BCUT2D eigenvalue weighted by Gasteiger charge is 2.20. The van der Waals surface area contributed by atoms with Crippen molar-refractivity contribution < 1.29 is 9.59 Å². The number of aromatic nitrogens is 2. The van der Waals surface area contributed by atoms with E-state index in [9.17, 15) is 9.59 Å². The molecule has 148 valence electrons. The van der Waals surface area contributed by atoms with Crippen LogP contribution in [-0.2, 0) is 13.1 Å². The molecular formula is C23H24N4O2. The van der Waals surface area contributed by atoms with Crippen molar-refractivity contribution in [2.24, 2.45) is 0 Å². The molecule has 6 heteroatoms. The van der Waals surface area contributed by atoms with Gasteiger partial charge in [-0.25, -0.2) is 0 Å². The first-order valence-corrected chi connectivity index (χ1v) is 9.52. The van der Waals surface area contributed by atoms with Gasteiger partial charge in [0.2, 0.25) is 0 Å². The van der Waals surface area contributed by atoms with Crippen molar-refractivity contribution >= 4 is 11.8 Å². The Bertz CT molecular complexity index is 959. The number of rotatable bonds is 7. The van der Waals surface area contributed by atoms with Gasteiger partial charge in [0.25, 0.3) is 11.8 Å². The second-order valence-corrected chi connectivity index (χ2v) is 6.99. The summed E-state index contributed by atoms with van der Waals surface area (Å²) in [4.78, 5) is 35.5. The zero-order chi connectivity index (χ0) is 20.6. The number of pyridine rings is 2. The van der Waals surface area contributed by atoms with Crippen LogP contribution in [0.25, 0.3) is 0 Å². The van der Waals surface area contributed by atoms with E-state index in [-0.39, 0.29) is 23.6 Å². The molecule has 3 rings (SSSR count). The van der Waals surface area contributed by atoms with Crippen LogP contribution in [0.15, 0.2) is 73.2 Å². The molecule has 2 amide bonds. The van der Waals surface area contributed by atoms with E-state index in [0.717, 1.165) is 11.1 Å². The van der Waals surface area contributed by atoms with Crippen LogP contribution in [-0.4, -0.2) is 32.7 Å². The SMILES string of the molecule is CC(C)N(Cc1ccccc1)C(=O)c1ccnc(C(=O)NCc2cccnc2)c1. The summed E-state index contributed by atoms with van der Waals surface area (Å²) < 4.78 is 0. The van der Waals surface area contributed by atoms with Crippen LogP contribution in [0.4, 0.5) is 0 Å². The lowest BCUT2D eigenvalue weighted by molar-refractivity contribution is 0.0690. The molecule has 0 unspecified atom stereocenters. The fourth-order valence-electron chi connectivity index (χ4n) is 2.90. The predicted molar refractivity (Wildman–Crippen MR) is 111 cm³/mol. The normalized spacial score (nSPS) is 10.6. The Labute approximate surface area is 170 Å². The largest absolute Gasteiger partial charge is 0.347 e. The second kappa shape index (κ2) is 9.59. The standard InChI is InChI=1S/C23H24N4O2/c1-17(2)27(16-18-7-4-3-5-8-18)23(29)20-10-12-25-21(13-20)22(28)26-15-19-9-6-11-24-14-19/h3-14,17H,15-16H2,1-2H3,(H,26,28). The Kier molecular flexibility index (Phi) is 6.68. The Morgan fingerprint density at radius 3 is 2.45 bits per heavy atom. The van der Waals surface area contributed by atoms with Gasteiger partial charge in [-0.15, -0.1) is 0 Å². The topological polar surface area (TPSA) is 75.2 Å². The van der Waals surface area contributed by atoms with Crippen molar-refractivity contribution in [1.29, 1.82) is 0 Å². The molecule has 0 saturated heterocycles. The first-order valence-electron chi connectivity index (χ1n) is 9.52. The third kappa shape index (κ3) is 5.48. The van der Waals surface area contributed by atoms with E-state index in [1.807, 2.05) is 56.3 Å². The van der Waals surface area contributed by atoms with Gasteiger partial charge in [-0.3, -0.25) is 19.6 Å². The number of benzene rings is 1. The molecular weight excluding hydrogens is 364 g/mol. The van der Waals surface area contributed by atoms with Gasteiger partial charge in [0, 0.05) is 43.3 Å². The van der Waals surface area contributed by atoms with E-state index in [4.69, 9.17) is 0 Å². The van der Waals surface area contributed by atoms with Crippen LogP contribution in [0, 0.1) is 0 Å². The number of amides is 2. The van der Waals surface area contributed by atoms with Gasteiger partial charge in [0.05, 0.1) is 0 Å². The quantitative estimate of drug-likeness (QED) is 0.673. The Balaban J connectivity index is 1.72. The lowest BCUT2D eigenvalue weighted by Crippen LogP contribution is -2.36. The first kappa shape index (κ1) is 20.2. The zero-order valence-corrected chi connectivity index (χ0v) is 16.6.